The van der Waals surface area contributed by atoms with E-state index in [4.69, 9.17) is 4.74 Å². The Kier molecular flexibility index (Phi) is 4.58. The molecule has 0 saturated carbocycles. The number of ether oxygens (including phenoxy) is 1. The second kappa shape index (κ2) is 7.17. The summed E-state index contributed by atoms with van der Waals surface area (Å²) < 4.78 is 5.16. The molecule has 1 aliphatic heterocycles. The van der Waals surface area contributed by atoms with Crippen LogP contribution in [0.3, 0.4) is 0 Å². The van der Waals surface area contributed by atoms with Crippen molar-refractivity contribution < 1.29 is 9.53 Å². The number of H-pyrrole nitrogens is 1. The average Bonchev–Trinajstić information content (AvgIpc) is 3.13. The van der Waals surface area contributed by atoms with Crippen molar-refractivity contribution in [3.63, 3.8) is 0 Å². The topological polar surface area (TPSA) is 70.2 Å². The van der Waals surface area contributed by atoms with Crippen LogP contribution in [-0.2, 0) is 11.2 Å². The molecule has 3 aromatic rings. The molecule has 0 bridgehead atoms. The molecule has 6 nitrogen and oxygen atoms in total. The van der Waals surface area contributed by atoms with Gasteiger partial charge in [-0.15, -0.1) is 0 Å². The maximum Gasteiger partial charge on any atom is 0.227 e. The highest BCUT2D eigenvalue weighted by Gasteiger charge is 2.26. The summed E-state index contributed by atoms with van der Waals surface area (Å²) in [5.41, 5.74) is 2.96. The van der Waals surface area contributed by atoms with Crippen molar-refractivity contribution in [1.29, 1.82) is 0 Å². The Balaban J connectivity index is 1.44. The van der Waals surface area contributed by atoms with Crippen LogP contribution in [0.5, 0.6) is 5.75 Å². The van der Waals surface area contributed by atoms with E-state index in [2.05, 4.69) is 15.3 Å². The molecule has 0 radical (unpaired) electrons. The van der Waals surface area contributed by atoms with Crippen LogP contribution in [0.15, 0.2) is 48.5 Å². The van der Waals surface area contributed by atoms with Gasteiger partial charge in [-0.1, -0.05) is 24.3 Å². The third-order valence-corrected chi connectivity index (χ3v) is 4.78. The molecule has 1 fully saturated rings. The van der Waals surface area contributed by atoms with Crippen molar-refractivity contribution in [3.8, 4) is 5.75 Å². The van der Waals surface area contributed by atoms with Crippen molar-refractivity contribution in [1.82, 2.24) is 20.2 Å². The predicted molar refractivity (Wildman–Crippen MR) is 100 cm³/mol. The van der Waals surface area contributed by atoms with Crippen molar-refractivity contribution >= 4 is 16.9 Å². The molecule has 0 spiro atoms. The number of aromatic amines is 1. The third-order valence-electron chi connectivity index (χ3n) is 4.78. The Bertz CT molecular complexity index is 871. The standard InChI is InChI=1S/C20H22N4O2/c1-26-15-8-6-14(7-9-15)12-19(25)24-11-10-21-18(13-24)20-22-16-4-2-3-5-17(16)23-20/h2-9,18,21H,10-13H2,1H3,(H,22,23). The van der Waals surface area contributed by atoms with Gasteiger partial charge >= 0.3 is 0 Å². The van der Waals surface area contributed by atoms with E-state index >= 15 is 0 Å². The fraction of sp³-hybridized carbons (Fsp3) is 0.300. The lowest BCUT2D eigenvalue weighted by Crippen LogP contribution is -2.49. The summed E-state index contributed by atoms with van der Waals surface area (Å²) in [6.45, 7) is 2.09. The Morgan fingerprint density at radius 2 is 2.04 bits per heavy atom. The van der Waals surface area contributed by atoms with Gasteiger partial charge in [0.2, 0.25) is 5.91 Å². The number of aromatic nitrogens is 2. The lowest BCUT2D eigenvalue weighted by molar-refractivity contribution is -0.131. The molecule has 1 aromatic heterocycles. The fourth-order valence-electron chi connectivity index (χ4n) is 3.33. The van der Waals surface area contributed by atoms with E-state index in [0.717, 1.165) is 34.7 Å². The molecule has 1 aliphatic rings. The number of carbonyl (C=O) groups excluding carboxylic acids is 1. The lowest BCUT2D eigenvalue weighted by atomic mass is 10.1. The largest absolute Gasteiger partial charge is 0.497 e. The van der Waals surface area contributed by atoms with Gasteiger partial charge in [0, 0.05) is 19.6 Å². The summed E-state index contributed by atoms with van der Waals surface area (Å²) in [6.07, 6.45) is 0.400. The number of methoxy groups -OCH3 is 1. The molecule has 1 saturated heterocycles. The fourth-order valence-corrected chi connectivity index (χ4v) is 3.33. The van der Waals surface area contributed by atoms with E-state index in [9.17, 15) is 4.79 Å². The number of carbonyl (C=O) groups is 1. The normalized spacial score (nSPS) is 17.4. The maximum absolute atomic E-state index is 12.7. The van der Waals surface area contributed by atoms with Crippen LogP contribution in [0.1, 0.15) is 17.4 Å². The first-order chi connectivity index (χ1) is 12.7. The van der Waals surface area contributed by atoms with Crippen molar-refractivity contribution in [2.24, 2.45) is 0 Å². The van der Waals surface area contributed by atoms with Gasteiger partial charge in [0.15, 0.2) is 0 Å². The van der Waals surface area contributed by atoms with Gasteiger partial charge in [0.25, 0.3) is 0 Å². The molecule has 26 heavy (non-hydrogen) atoms. The number of nitrogens with zero attached hydrogens (tertiary/aromatic N) is 2. The van der Waals surface area contributed by atoms with E-state index in [-0.39, 0.29) is 11.9 Å². The van der Waals surface area contributed by atoms with Gasteiger partial charge in [-0.3, -0.25) is 4.79 Å². The zero-order valence-corrected chi connectivity index (χ0v) is 14.7. The highest BCUT2D eigenvalue weighted by atomic mass is 16.5. The summed E-state index contributed by atoms with van der Waals surface area (Å²) in [4.78, 5) is 22.6. The first-order valence-electron chi connectivity index (χ1n) is 8.81. The van der Waals surface area contributed by atoms with Gasteiger partial charge < -0.3 is 19.9 Å². The molecular formula is C20H22N4O2. The van der Waals surface area contributed by atoms with Crippen LogP contribution < -0.4 is 10.1 Å². The Hall–Kier alpha value is -2.86. The molecule has 1 atom stereocenters. The molecule has 1 amide bonds. The lowest BCUT2D eigenvalue weighted by Gasteiger charge is -2.33. The quantitative estimate of drug-likeness (QED) is 0.757. The number of hydrogen-bond donors (Lipinski definition) is 2. The van der Waals surface area contributed by atoms with Gasteiger partial charge in [-0.25, -0.2) is 4.98 Å². The molecule has 6 heteroatoms. The van der Waals surface area contributed by atoms with E-state index in [1.54, 1.807) is 7.11 Å². The first-order valence-corrected chi connectivity index (χ1v) is 8.81. The van der Waals surface area contributed by atoms with Gasteiger partial charge in [0.05, 0.1) is 30.6 Å². The number of benzene rings is 2. The van der Waals surface area contributed by atoms with E-state index in [0.29, 0.717) is 19.5 Å². The van der Waals surface area contributed by atoms with Crippen LogP contribution in [0, 0.1) is 0 Å². The number of nitrogens with one attached hydrogen (secondary N) is 2. The van der Waals surface area contributed by atoms with Gasteiger partial charge in [0.1, 0.15) is 11.6 Å². The van der Waals surface area contributed by atoms with Crippen LogP contribution >= 0.6 is 0 Å². The highest BCUT2D eigenvalue weighted by molar-refractivity contribution is 5.79. The minimum Gasteiger partial charge on any atom is -0.497 e. The molecule has 1 unspecified atom stereocenters. The third kappa shape index (κ3) is 3.41. The second-order valence-corrected chi connectivity index (χ2v) is 6.51. The number of para-hydroxylation sites is 2. The molecule has 4 rings (SSSR count). The second-order valence-electron chi connectivity index (χ2n) is 6.51. The van der Waals surface area contributed by atoms with Crippen LogP contribution in [-0.4, -0.2) is 47.5 Å². The summed E-state index contributed by atoms with van der Waals surface area (Å²) in [5, 5.41) is 3.46. The molecule has 2 aromatic carbocycles. The van der Waals surface area contributed by atoms with Crippen LogP contribution in [0.25, 0.3) is 11.0 Å². The number of imidazole rings is 1. The Morgan fingerprint density at radius 1 is 1.23 bits per heavy atom. The zero-order chi connectivity index (χ0) is 17.9. The van der Waals surface area contributed by atoms with Gasteiger partial charge in [-0.2, -0.15) is 0 Å². The molecule has 134 valence electrons. The smallest absolute Gasteiger partial charge is 0.227 e. The molecule has 2 N–H and O–H groups in total. The first kappa shape index (κ1) is 16.6. The van der Waals surface area contributed by atoms with E-state index < -0.39 is 0 Å². The highest BCUT2D eigenvalue weighted by Crippen LogP contribution is 2.20. The summed E-state index contributed by atoms with van der Waals surface area (Å²) in [7, 11) is 1.64. The van der Waals surface area contributed by atoms with Crippen LogP contribution in [0.2, 0.25) is 0 Å². The monoisotopic (exact) mass is 350 g/mol. The minimum absolute atomic E-state index is 0.0240. The van der Waals surface area contributed by atoms with Gasteiger partial charge in [-0.05, 0) is 29.8 Å². The molecule has 0 aliphatic carbocycles. The van der Waals surface area contributed by atoms with Crippen molar-refractivity contribution in [2.75, 3.05) is 26.7 Å². The van der Waals surface area contributed by atoms with E-state index in [1.807, 2.05) is 53.4 Å². The van der Waals surface area contributed by atoms with E-state index in [1.165, 1.54) is 0 Å². The number of hydrogen-bond acceptors (Lipinski definition) is 4. The Morgan fingerprint density at radius 3 is 2.81 bits per heavy atom. The Labute approximate surface area is 152 Å². The summed E-state index contributed by atoms with van der Waals surface area (Å²) >= 11 is 0. The maximum atomic E-state index is 12.7. The predicted octanol–water partition coefficient (Wildman–Crippen LogP) is 2.29. The summed E-state index contributed by atoms with van der Waals surface area (Å²) in [5.74, 6) is 1.82. The number of fused-ring (bicyclic) bond motifs is 1. The zero-order valence-electron chi connectivity index (χ0n) is 14.7. The average molecular weight is 350 g/mol. The molecule has 2 heterocycles. The van der Waals surface area contributed by atoms with Crippen molar-refractivity contribution in [3.05, 3.63) is 59.9 Å². The van der Waals surface area contributed by atoms with Crippen molar-refractivity contribution in [2.45, 2.75) is 12.5 Å². The van der Waals surface area contributed by atoms with Crippen LogP contribution in [0.4, 0.5) is 0 Å². The number of amides is 1. The summed E-state index contributed by atoms with van der Waals surface area (Å²) in [6, 6.07) is 15.7. The number of piperazine rings is 1. The minimum atomic E-state index is 0.0240. The molecular weight excluding hydrogens is 328 g/mol. The SMILES string of the molecule is COc1ccc(CC(=O)N2CCNC(c3nc4ccccc4[nH]3)C2)cc1. The number of rotatable bonds is 4.